The van der Waals surface area contributed by atoms with Gasteiger partial charge in [0.15, 0.2) is 11.5 Å². The molecule has 1 amide bonds. The standard InChI is InChI=1S/C21H20N2O6/c1-26-18-10-15-16(11-19(18)27-2)22-9-8-17(15)29-14-6-4-13(5-7-14)23-20(24)12-21(25)28-3/h4-11H,12H2,1-3H3,(H,23,24). The fourth-order valence-corrected chi connectivity index (χ4v) is 2.68. The molecule has 150 valence electrons. The average molecular weight is 396 g/mol. The van der Waals surface area contributed by atoms with Crippen molar-refractivity contribution in [3.63, 3.8) is 0 Å². The zero-order valence-corrected chi connectivity index (χ0v) is 16.2. The highest BCUT2D eigenvalue weighted by atomic mass is 16.5. The molecule has 0 aliphatic heterocycles. The van der Waals surface area contributed by atoms with Crippen LogP contribution in [0.25, 0.3) is 10.9 Å². The van der Waals surface area contributed by atoms with Crippen molar-refractivity contribution >= 4 is 28.5 Å². The summed E-state index contributed by atoms with van der Waals surface area (Å²) in [5.74, 6) is 1.26. The molecule has 0 aliphatic carbocycles. The number of hydrogen-bond donors (Lipinski definition) is 1. The van der Waals surface area contributed by atoms with Gasteiger partial charge in [0.2, 0.25) is 5.91 Å². The van der Waals surface area contributed by atoms with E-state index in [1.807, 2.05) is 0 Å². The molecule has 0 fully saturated rings. The largest absolute Gasteiger partial charge is 0.493 e. The number of hydrogen-bond acceptors (Lipinski definition) is 7. The quantitative estimate of drug-likeness (QED) is 0.482. The summed E-state index contributed by atoms with van der Waals surface area (Å²) in [7, 11) is 4.36. The molecule has 8 nitrogen and oxygen atoms in total. The van der Waals surface area contributed by atoms with Gasteiger partial charge in [-0.3, -0.25) is 14.6 Å². The van der Waals surface area contributed by atoms with Gasteiger partial charge in [-0.05, 0) is 36.4 Å². The molecule has 8 heteroatoms. The van der Waals surface area contributed by atoms with Crippen LogP contribution in [0.15, 0.2) is 48.7 Å². The molecule has 0 bridgehead atoms. The van der Waals surface area contributed by atoms with Crippen LogP contribution in [0.2, 0.25) is 0 Å². The van der Waals surface area contributed by atoms with E-state index in [-0.39, 0.29) is 6.42 Å². The fraction of sp³-hybridized carbons (Fsp3) is 0.190. The van der Waals surface area contributed by atoms with Crippen LogP contribution in [0.4, 0.5) is 5.69 Å². The Morgan fingerprint density at radius 2 is 1.62 bits per heavy atom. The normalized spacial score (nSPS) is 10.3. The summed E-state index contributed by atoms with van der Waals surface area (Å²) in [6.07, 6.45) is 1.30. The van der Waals surface area contributed by atoms with Gasteiger partial charge in [0, 0.05) is 23.3 Å². The topological polar surface area (TPSA) is 96.0 Å². The van der Waals surface area contributed by atoms with E-state index in [1.165, 1.54) is 7.11 Å². The predicted octanol–water partition coefficient (Wildman–Crippen LogP) is 3.55. The Kier molecular flexibility index (Phi) is 6.13. The van der Waals surface area contributed by atoms with Crippen molar-refractivity contribution in [2.75, 3.05) is 26.6 Å². The molecule has 0 aliphatic rings. The molecular formula is C21H20N2O6. The molecule has 1 heterocycles. The number of ether oxygens (including phenoxy) is 4. The maximum atomic E-state index is 11.7. The molecule has 0 atom stereocenters. The van der Waals surface area contributed by atoms with Gasteiger partial charge in [0.25, 0.3) is 0 Å². The zero-order valence-electron chi connectivity index (χ0n) is 16.2. The van der Waals surface area contributed by atoms with Crippen molar-refractivity contribution < 1.29 is 28.5 Å². The first-order valence-corrected chi connectivity index (χ1v) is 8.69. The van der Waals surface area contributed by atoms with Crippen LogP contribution in [-0.2, 0) is 14.3 Å². The minimum atomic E-state index is -0.598. The highest BCUT2D eigenvalue weighted by molar-refractivity contribution is 6.01. The minimum absolute atomic E-state index is 0.344. The summed E-state index contributed by atoms with van der Waals surface area (Å²) in [5, 5.41) is 3.38. The van der Waals surface area contributed by atoms with E-state index in [1.54, 1.807) is 62.9 Å². The third-order valence-electron chi connectivity index (χ3n) is 4.11. The van der Waals surface area contributed by atoms with Crippen LogP contribution in [0.5, 0.6) is 23.0 Å². The van der Waals surface area contributed by atoms with Crippen LogP contribution in [-0.4, -0.2) is 38.2 Å². The van der Waals surface area contributed by atoms with Gasteiger partial charge < -0.3 is 24.3 Å². The van der Waals surface area contributed by atoms with Crippen molar-refractivity contribution in [3.8, 4) is 23.0 Å². The first kappa shape index (κ1) is 19.9. The van der Waals surface area contributed by atoms with Gasteiger partial charge in [0.05, 0.1) is 26.8 Å². The van der Waals surface area contributed by atoms with Crippen molar-refractivity contribution in [2.45, 2.75) is 6.42 Å². The van der Waals surface area contributed by atoms with Gasteiger partial charge in [-0.2, -0.15) is 0 Å². The van der Waals surface area contributed by atoms with Crippen molar-refractivity contribution in [2.24, 2.45) is 0 Å². The minimum Gasteiger partial charge on any atom is -0.493 e. The highest BCUT2D eigenvalue weighted by Gasteiger charge is 2.12. The molecule has 1 aromatic heterocycles. The molecule has 3 aromatic rings. The second-order valence-corrected chi connectivity index (χ2v) is 5.96. The molecule has 2 aromatic carbocycles. The third-order valence-corrected chi connectivity index (χ3v) is 4.11. The third kappa shape index (κ3) is 4.73. The first-order valence-electron chi connectivity index (χ1n) is 8.69. The van der Waals surface area contributed by atoms with Gasteiger partial charge in [-0.1, -0.05) is 0 Å². The van der Waals surface area contributed by atoms with E-state index in [4.69, 9.17) is 14.2 Å². The summed E-state index contributed by atoms with van der Waals surface area (Å²) in [6, 6.07) is 12.1. The first-order chi connectivity index (χ1) is 14.0. The van der Waals surface area contributed by atoms with Crippen molar-refractivity contribution in [3.05, 3.63) is 48.7 Å². The number of benzene rings is 2. The lowest BCUT2D eigenvalue weighted by atomic mass is 10.2. The summed E-state index contributed by atoms with van der Waals surface area (Å²) in [6.45, 7) is 0. The van der Waals surface area contributed by atoms with Crippen molar-refractivity contribution in [1.29, 1.82) is 0 Å². The van der Waals surface area contributed by atoms with E-state index in [9.17, 15) is 9.59 Å². The Morgan fingerprint density at radius 3 is 2.28 bits per heavy atom. The lowest BCUT2D eigenvalue weighted by molar-refractivity contribution is -0.142. The number of aromatic nitrogens is 1. The van der Waals surface area contributed by atoms with Crippen molar-refractivity contribution in [1.82, 2.24) is 4.98 Å². The van der Waals surface area contributed by atoms with Crippen LogP contribution in [0.1, 0.15) is 6.42 Å². The number of rotatable bonds is 7. The number of carbonyl (C=O) groups excluding carboxylic acids is 2. The monoisotopic (exact) mass is 396 g/mol. The zero-order chi connectivity index (χ0) is 20.8. The molecular weight excluding hydrogens is 376 g/mol. The van der Waals surface area contributed by atoms with Crippen LogP contribution >= 0.6 is 0 Å². The Balaban J connectivity index is 1.79. The maximum absolute atomic E-state index is 11.7. The number of methoxy groups -OCH3 is 3. The SMILES string of the molecule is COC(=O)CC(=O)Nc1ccc(Oc2ccnc3cc(OC)c(OC)cc23)cc1. The average Bonchev–Trinajstić information content (AvgIpc) is 2.74. The second-order valence-electron chi connectivity index (χ2n) is 5.96. The molecule has 0 saturated heterocycles. The number of amides is 1. The highest BCUT2D eigenvalue weighted by Crippen LogP contribution is 2.36. The molecule has 1 N–H and O–H groups in total. The molecule has 0 spiro atoms. The number of fused-ring (bicyclic) bond motifs is 1. The Bertz CT molecular complexity index is 1030. The molecule has 29 heavy (non-hydrogen) atoms. The second kappa shape index (κ2) is 8.92. The molecule has 0 unspecified atom stereocenters. The van der Waals surface area contributed by atoms with Crippen LogP contribution in [0.3, 0.4) is 0 Å². The van der Waals surface area contributed by atoms with E-state index in [0.717, 1.165) is 5.39 Å². The molecule has 0 saturated carbocycles. The number of nitrogens with zero attached hydrogens (tertiary/aromatic N) is 1. The predicted molar refractivity (Wildman–Crippen MR) is 107 cm³/mol. The fourth-order valence-electron chi connectivity index (χ4n) is 2.68. The van der Waals surface area contributed by atoms with Gasteiger partial charge in [0.1, 0.15) is 17.9 Å². The number of esters is 1. The van der Waals surface area contributed by atoms with Gasteiger partial charge >= 0.3 is 5.97 Å². The number of anilines is 1. The smallest absolute Gasteiger partial charge is 0.315 e. The Morgan fingerprint density at radius 1 is 0.931 bits per heavy atom. The van der Waals surface area contributed by atoms with Gasteiger partial charge in [-0.25, -0.2) is 0 Å². The molecule has 0 radical (unpaired) electrons. The van der Waals surface area contributed by atoms with Gasteiger partial charge in [-0.15, -0.1) is 0 Å². The summed E-state index contributed by atoms with van der Waals surface area (Å²) >= 11 is 0. The van der Waals surface area contributed by atoms with E-state index in [0.29, 0.717) is 34.2 Å². The van der Waals surface area contributed by atoms with Crippen LogP contribution in [0, 0.1) is 0 Å². The molecule has 3 rings (SSSR count). The number of nitrogens with one attached hydrogen (secondary N) is 1. The van der Waals surface area contributed by atoms with Crippen LogP contribution < -0.4 is 19.5 Å². The van der Waals surface area contributed by atoms with E-state index < -0.39 is 11.9 Å². The number of carbonyl (C=O) groups is 2. The Labute approximate surface area is 167 Å². The van der Waals surface area contributed by atoms with E-state index >= 15 is 0 Å². The maximum Gasteiger partial charge on any atom is 0.315 e. The van der Waals surface area contributed by atoms with E-state index in [2.05, 4.69) is 15.0 Å². The summed E-state index contributed by atoms with van der Waals surface area (Å²) < 4.78 is 21.1. The number of pyridine rings is 1. The lowest BCUT2D eigenvalue weighted by Gasteiger charge is -2.12. The Hall–Kier alpha value is -3.81. The summed E-state index contributed by atoms with van der Waals surface area (Å²) in [4.78, 5) is 27.2. The summed E-state index contributed by atoms with van der Waals surface area (Å²) in [5.41, 5.74) is 1.24. The lowest BCUT2D eigenvalue weighted by Crippen LogP contribution is -2.17.